The smallest absolute Gasteiger partial charge is 0.126 e. The summed E-state index contributed by atoms with van der Waals surface area (Å²) in [5.41, 5.74) is 1.29. The zero-order valence-corrected chi connectivity index (χ0v) is 14.6. The minimum absolute atomic E-state index is 0.205. The van der Waals surface area contributed by atoms with Crippen LogP contribution in [0.4, 0.5) is 0 Å². The molecule has 3 rings (SSSR count). The highest BCUT2D eigenvalue weighted by atomic mass is 79.9. The Morgan fingerprint density at radius 3 is 2.24 bits per heavy atom. The summed E-state index contributed by atoms with van der Waals surface area (Å²) in [4.78, 5) is 0.944. The van der Waals surface area contributed by atoms with Gasteiger partial charge in [0, 0.05) is 30.9 Å². The van der Waals surface area contributed by atoms with E-state index in [9.17, 15) is 4.21 Å². The molecular weight excluding hydrogens is 346 g/mol. The molecule has 0 amide bonds. The van der Waals surface area contributed by atoms with Crippen LogP contribution in [0, 0.1) is 0 Å². The molecule has 4 heteroatoms. The molecule has 0 spiro atoms. The molecule has 1 unspecified atom stereocenters. The van der Waals surface area contributed by atoms with E-state index in [0.29, 0.717) is 5.92 Å². The van der Waals surface area contributed by atoms with Crippen LogP contribution >= 0.6 is 15.9 Å². The molecule has 0 saturated heterocycles. The predicted molar refractivity (Wildman–Crippen MR) is 91.7 cm³/mol. The second-order valence-electron chi connectivity index (χ2n) is 5.63. The Balaban J connectivity index is 1.91. The van der Waals surface area contributed by atoms with Crippen molar-refractivity contribution in [3.8, 4) is 0 Å². The molecule has 3 atom stereocenters. The van der Waals surface area contributed by atoms with Crippen LogP contribution in [0.5, 0.6) is 0 Å². The van der Waals surface area contributed by atoms with E-state index in [-0.39, 0.29) is 5.25 Å². The second-order valence-corrected chi connectivity index (χ2v) is 9.49. The van der Waals surface area contributed by atoms with Crippen LogP contribution in [0.15, 0.2) is 64.0 Å². The molecule has 2 aromatic carbocycles. The van der Waals surface area contributed by atoms with Gasteiger partial charge in [0.15, 0.2) is 20.3 Å². The van der Waals surface area contributed by atoms with Crippen molar-refractivity contribution in [2.24, 2.45) is 0 Å². The zero-order chi connectivity index (χ0) is 15.0. The van der Waals surface area contributed by atoms with Crippen LogP contribution in [0.2, 0.25) is 0 Å². The molecule has 110 valence electrons. The van der Waals surface area contributed by atoms with Crippen molar-refractivity contribution >= 4 is 26.0 Å². The highest BCUT2D eigenvalue weighted by Crippen LogP contribution is 2.52. The normalized spacial score (nSPS) is 23.8. The maximum atomic E-state index is 13.6. The number of hydrogen-bond donors (Lipinski definition) is 0. The van der Waals surface area contributed by atoms with Crippen molar-refractivity contribution in [2.75, 3.05) is 14.1 Å². The Labute approximate surface area is 135 Å². The first-order valence-corrected chi connectivity index (χ1v) is 9.41. The Kier molecular flexibility index (Phi) is 4.04. The Morgan fingerprint density at radius 1 is 1.05 bits per heavy atom. The number of nitrogens with zero attached hydrogens (tertiary/aromatic N) is 1. The van der Waals surface area contributed by atoms with E-state index >= 15 is 0 Å². The van der Waals surface area contributed by atoms with Crippen molar-refractivity contribution in [1.29, 1.82) is 0 Å². The third-order valence-corrected chi connectivity index (χ3v) is 7.97. The first kappa shape index (κ1) is 14.9. The average molecular weight is 365 g/mol. The first-order chi connectivity index (χ1) is 10.0. The number of rotatable bonds is 4. The molecule has 0 radical (unpaired) electrons. The fourth-order valence-electron chi connectivity index (χ4n) is 2.86. The van der Waals surface area contributed by atoms with Gasteiger partial charge in [-0.3, -0.25) is 0 Å². The summed E-state index contributed by atoms with van der Waals surface area (Å²) in [6, 6.07) is 18.3. The van der Waals surface area contributed by atoms with Gasteiger partial charge in [-0.05, 0) is 29.8 Å². The lowest BCUT2D eigenvalue weighted by molar-refractivity contribution is 0.527. The van der Waals surface area contributed by atoms with Crippen molar-refractivity contribution in [3.63, 3.8) is 0 Å². The second kappa shape index (κ2) is 5.67. The minimum Gasteiger partial charge on any atom is -0.126 e. The van der Waals surface area contributed by atoms with E-state index in [1.165, 1.54) is 5.56 Å². The van der Waals surface area contributed by atoms with Gasteiger partial charge in [0.05, 0.1) is 0 Å². The quantitative estimate of drug-likeness (QED) is 0.738. The summed E-state index contributed by atoms with van der Waals surface area (Å²) >= 11 is 3.46. The largest absolute Gasteiger partial charge is 0.193 e. The van der Waals surface area contributed by atoms with Crippen molar-refractivity contribution < 1.29 is 4.21 Å². The minimum atomic E-state index is -2.18. The van der Waals surface area contributed by atoms with Gasteiger partial charge in [-0.1, -0.05) is 50.5 Å². The van der Waals surface area contributed by atoms with Crippen LogP contribution in [0.1, 0.15) is 17.9 Å². The van der Waals surface area contributed by atoms with Gasteiger partial charge in [0.25, 0.3) is 0 Å². The summed E-state index contributed by atoms with van der Waals surface area (Å²) in [5.74, 6) is 0.396. The molecule has 1 fully saturated rings. The number of halogens is 1. The lowest BCUT2D eigenvalue weighted by Crippen LogP contribution is -2.34. The molecule has 2 aromatic rings. The molecule has 0 bridgehead atoms. The van der Waals surface area contributed by atoms with E-state index in [1.54, 1.807) is 0 Å². The summed E-state index contributed by atoms with van der Waals surface area (Å²) in [7, 11) is 1.67. The van der Waals surface area contributed by atoms with Crippen LogP contribution in [-0.4, -0.2) is 23.7 Å². The summed E-state index contributed by atoms with van der Waals surface area (Å²) < 4.78 is 16.6. The van der Waals surface area contributed by atoms with E-state index in [4.69, 9.17) is 0 Å². The molecule has 1 saturated carbocycles. The Morgan fingerprint density at radius 2 is 1.67 bits per heavy atom. The molecule has 0 heterocycles. The summed E-state index contributed by atoms with van der Waals surface area (Å²) in [6.07, 6.45) is 0.994. The molecule has 1 aliphatic carbocycles. The molecule has 2 nitrogen and oxygen atoms in total. The van der Waals surface area contributed by atoms with Gasteiger partial charge in [-0.25, -0.2) is 0 Å². The predicted octanol–water partition coefficient (Wildman–Crippen LogP) is 4.34. The number of hydrogen-bond acceptors (Lipinski definition) is 1. The first-order valence-electron chi connectivity index (χ1n) is 7.04. The van der Waals surface area contributed by atoms with Crippen LogP contribution in [0.3, 0.4) is 0 Å². The lowest BCUT2D eigenvalue weighted by Gasteiger charge is -2.18. The third-order valence-electron chi connectivity index (χ3n) is 4.06. The Bertz CT molecular complexity index is 669. The van der Waals surface area contributed by atoms with Crippen LogP contribution in [-0.2, 0) is 14.3 Å². The zero-order valence-electron chi connectivity index (χ0n) is 12.2. The maximum Gasteiger partial charge on any atom is 0.193 e. The molecule has 0 aliphatic heterocycles. The van der Waals surface area contributed by atoms with Crippen LogP contribution in [0.25, 0.3) is 0 Å². The number of benzene rings is 2. The summed E-state index contributed by atoms with van der Waals surface area (Å²) in [6.45, 7) is 0. The third kappa shape index (κ3) is 2.72. The lowest BCUT2D eigenvalue weighted by atomic mass is 10.1. The van der Waals surface area contributed by atoms with E-state index in [0.717, 1.165) is 15.8 Å². The van der Waals surface area contributed by atoms with E-state index in [2.05, 4.69) is 40.2 Å². The molecule has 0 aromatic heterocycles. The highest BCUT2D eigenvalue weighted by molar-refractivity contribution is 9.10. The van der Waals surface area contributed by atoms with Crippen molar-refractivity contribution in [1.82, 2.24) is 4.31 Å². The fraction of sp³-hybridized carbons (Fsp3) is 0.294. The van der Waals surface area contributed by atoms with Gasteiger partial charge >= 0.3 is 0 Å². The fourth-order valence-corrected chi connectivity index (χ4v) is 6.05. The van der Waals surface area contributed by atoms with Gasteiger partial charge in [0.2, 0.25) is 0 Å². The van der Waals surface area contributed by atoms with Crippen molar-refractivity contribution in [3.05, 3.63) is 64.6 Å². The van der Waals surface area contributed by atoms with E-state index < -0.39 is 10.1 Å². The average Bonchev–Trinajstić information content (AvgIpc) is 3.29. The standard InChI is InChI=1S/C17H19BrNOS/c1-19(2)21(20,15-6-4-3-5-7-15)17-12-16(17)13-8-10-14(18)11-9-13/h3-11,16-17H,12H2,1-2H3/q+1/t16-,17+,21?/m1/s1. The molecule has 0 N–H and O–H groups in total. The van der Waals surface area contributed by atoms with Gasteiger partial charge in [-0.15, -0.1) is 4.31 Å². The highest BCUT2D eigenvalue weighted by Gasteiger charge is 2.59. The van der Waals surface area contributed by atoms with Gasteiger partial charge in [0.1, 0.15) is 0 Å². The molecular formula is C17H19BrNOS+. The summed E-state index contributed by atoms with van der Waals surface area (Å²) in [5, 5.41) is 0.205. The van der Waals surface area contributed by atoms with Crippen LogP contribution < -0.4 is 0 Å². The monoisotopic (exact) mass is 364 g/mol. The maximum absolute atomic E-state index is 13.6. The SMILES string of the molecule is CN(C)[S+](=O)(c1ccccc1)[C@H]1C[C@@H]1c1ccc(Br)cc1. The van der Waals surface area contributed by atoms with Crippen molar-refractivity contribution in [2.45, 2.75) is 22.5 Å². The Hall–Kier alpha value is -0.970. The van der Waals surface area contributed by atoms with E-state index in [1.807, 2.05) is 48.7 Å². The van der Waals surface area contributed by atoms with Gasteiger partial charge < -0.3 is 0 Å². The molecule has 1 aliphatic rings. The molecule has 21 heavy (non-hydrogen) atoms. The topological polar surface area (TPSA) is 20.3 Å². The van der Waals surface area contributed by atoms with Gasteiger partial charge in [-0.2, -0.15) is 0 Å².